The van der Waals surface area contributed by atoms with Crippen molar-refractivity contribution < 1.29 is 13.9 Å². The highest BCUT2D eigenvalue weighted by Crippen LogP contribution is 2.26. The van der Waals surface area contributed by atoms with Crippen LogP contribution in [0.3, 0.4) is 0 Å². The number of aryl methyl sites for hydroxylation is 1. The van der Waals surface area contributed by atoms with Crippen LogP contribution in [0.1, 0.15) is 23.2 Å². The van der Waals surface area contributed by atoms with Crippen LogP contribution in [0.15, 0.2) is 22.6 Å². The predicted molar refractivity (Wildman–Crippen MR) is 73.1 cm³/mol. The van der Waals surface area contributed by atoms with Crippen LogP contribution in [-0.2, 0) is 4.74 Å². The van der Waals surface area contributed by atoms with Crippen molar-refractivity contribution in [1.82, 2.24) is 10.2 Å². The van der Waals surface area contributed by atoms with Crippen molar-refractivity contribution >= 4 is 28.6 Å². The average Bonchev–Trinajstić information content (AvgIpc) is 2.82. The Kier molecular flexibility index (Phi) is 3.95. The average molecular weight is 358 g/mol. The second kappa shape index (κ2) is 5.47. The summed E-state index contributed by atoms with van der Waals surface area (Å²) in [5, 5.41) is 7.56. The van der Waals surface area contributed by atoms with E-state index in [-0.39, 0.29) is 12.5 Å². The fraction of sp³-hybridized carbons (Fsp3) is 0.250. The van der Waals surface area contributed by atoms with E-state index in [9.17, 15) is 4.79 Å². The summed E-state index contributed by atoms with van der Waals surface area (Å²) in [5.41, 5.74) is 1.93. The number of esters is 1. The predicted octanol–water partition coefficient (Wildman–Crippen LogP) is 2.83. The molecule has 0 aliphatic heterocycles. The van der Waals surface area contributed by atoms with Crippen LogP contribution in [-0.4, -0.2) is 22.8 Å². The van der Waals surface area contributed by atoms with Gasteiger partial charge in [0.15, 0.2) is 0 Å². The maximum Gasteiger partial charge on any atom is 0.396 e. The largest absolute Gasteiger partial charge is 0.459 e. The quantitative estimate of drug-likeness (QED) is 0.624. The summed E-state index contributed by atoms with van der Waals surface area (Å²) in [5.74, 6) is -0.394. The molecule has 0 atom stereocenters. The number of carbonyl (C=O) groups excluding carboxylic acids is 1. The van der Waals surface area contributed by atoms with E-state index in [1.165, 1.54) is 0 Å². The van der Waals surface area contributed by atoms with Gasteiger partial charge in [-0.05, 0) is 48.1 Å². The van der Waals surface area contributed by atoms with Gasteiger partial charge in [0, 0.05) is 3.57 Å². The highest BCUT2D eigenvalue weighted by Gasteiger charge is 2.18. The lowest BCUT2D eigenvalue weighted by Crippen LogP contribution is -2.04. The second-order valence-corrected chi connectivity index (χ2v) is 4.65. The Bertz CT molecular complexity index is 580. The number of hydrogen-bond donors (Lipinski definition) is 0. The number of nitrogens with zero attached hydrogens (tertiary/aromatic N) is 2. The summed E-state index contributed by atoms with van der Waals surface area (Å²) < 4.78 is 11.1. The number of aromatic nitrogens is 2. The summed E-state index contributed by atoms with van der Waals surface area (Å²) in [6.07, 6.45) is 0. The number of rotatable bonds is 3. The first-order chi connectivity index (χ1) is 8.63. The Labute approximate surface area is 118 Å². The number of ether oxygens (including phenoxy) is 1. The Morgan fingerprint density at radius 3 is 2.94 bits per heavy atom. The van der Waals surface area contributed by atoms with Gasteiger partial charge >= 0.3 is 11.9 Å². The van der Waals surface area contributed by atoms with Gasteiger partial charge in [0.2, 0.25) is 5.89 Å². The third kappa shape index (κ3) is 2.53. The van der Waals surface area contributed by atoms with E-state index in [4.69, 9.17) is 9.15 Å². The molecule has 0 fully saturated rings. The lowest BCUT2D eigenvalue weighted by atomic mass is 10.1. The van der Waals surface area contributed by atoms with Crippen molar-refractivity contribution in [1.29, 1.82) is 0 Å². The first-order valence-corrected chi connectivity index (χ1v) is 6.47. The van der Waals surface area contributed by atoms with Crippen molar-refractivity contribution in [3.8, 4) is 11.5 Å². The molecule has 1 heterocycles. The standard InChI is InChI=1S/C12H11IN2O3/c1-3-17-12(16)11-15-14-10(18-11)8-6-4-5-7(2)9(8)13/h4-6H,3H2,1-2H3. The van der Waals surface area contributed by atoms with Gasteiger partial charge in [-0.25, -0.2) is 4.79 Å². The fourth-order valence-corrected chi connectivity index (χ4v) is 2.01. The highest BCUT2D eigenvalue weighted by atomic mass is 127. The van der Waals surface area contributed by atoms with Gasteiger partial charge in [-0.3, -0.25) is 0 Å². The molecular weight excluding hydrogens is 347 g/mol. The Morgan fingerprint density at radius 2 is 2.22 bits per heavy atom. The Balaban J connectivity index is 2.35. The molecule has 0 radical (unpaired) electrons. The molecule has 6 heteroatoms. The molecule has 0 saturated heterocycles. The molecule has 0 spiro atoms. The summed E-state index contributed by atoms with van der Waals surface area (Å²) in [6.45, 7) is 3.99. The summed E-state index contributed by atoms with van der Waals surface area (Å²) in [7, 11) is 0. The minimum absolute atomic E-state index is 0.121. The van der Waals surface area contributed by atoms with Gasteiger partial charge in [0.05, 0.1) is 12.2 Å². The molecule has 5 nitrogen and oxygen atoms in total. The lowest BCUT2D eigenvalue weighted by molar-refractivity contribution is 0.0481. The van der Waals surface area contributed by atoms with Crippen LogP contribution < -0.4 is 0 Å². The number of hydrogen-bond acceptors (Lipinski definition) is 5. The van der Waals surface area contributed by atoms with E-state index in [1.807, 2.05) is 25.1 Å². The first kappa shape index (κ1) is 13.0. The maximum atomic E-state index is 11.4. The van der Waals surface area contributed by atoms with Gasteiger partial charge in [0.25, 0.3) is 0 Å². The number of benzene rings is 1. The normalized spacial score (nSPS) is 10.4. The van der Waals surface area contributed by atoms with Crippen molar-refractivity contribution in [2.24, 2.45) is 0 Å². The summed E-state index contributed by atoms with van der Waals surface area (Å²) in [6, 6.07) is 5.77. The zero-order chi connectivity index (χ0) is 13.1. The van der Waals surface area contributed by atoms with Gasteiger partial charge < -0.3 is 9.15 Å². The van der Waals surface area contributed by atoms with E-state index < -0.39 is 5.97 Å². The van der Waals surface area contributed by atoms with Crippen LogP contribution >= 0.6 is 22.6 Å². The van der Waals surface area contributed by atoms with Crippen molar-refractivity contribution in [2.75, 3.05) is 6.61 Å². The molecule has 18 heavy (non-hydrogen) atoms. The van der Waals surface area contributed by atoms with Gasteiger partial charge in [0.1, 0.15) is 0 Å². The second-order valence-electron chi connectivity index (χ2n) is 3.57. The lowest BCUT2D eigenvalue weighted by Gasteiger charge is -2.01. The molecule has 1 aromatic carbocycles. The van der Waals surface area contributed by atoms with Crippen LogP contribution in [0.25, 0.3) is 11.5 Å². The SMILES string of the molecule is CCOC(=O)c1nnc(-c2cccc(C)c2I)o1. The minimum Gasteiger partial charge on any atom is -0.459 e. The molecule has 0 N–H and O–H groups in total. The zero-order valence-corrected chi connectivity index (χ0v) is 12.1. The Hall–Kier alpha value is -1.44. The van der Waals surface area contributed by atoms with Crippen LogP contribution in [0, 0.1) is 10.5 Å². The molecule has 2 rings (SSSR count). The zero-order valence-electron chi connectivity index (χ0n) is 9.94. The van der Waals surface area contributed by atoms with Gasteiger partial charge in [-0.15, -0.1) is 10.2 Å². The highest BCUT2D eigenvalue weighted by molar-refractivity contribution is 14.1. The molecule has 0 aliphatic rings. The maximum absolute atomic E-state index is 11.4. The molecule has 0 unspecified atom stereocenters. The number of halogens is 1. The van der Waals surface area contributed by atoms with E-state index in [2.05, 4.69) is 32.8 Å². The van der Waals surface area contributed by atoms with E-state index in [0.29, 0.717) is 5.89 Å². The smallest absolute Gasteiger partial charge is 0.396 e. The summed E-state index contributed by atoms with van der Waals surface area (Å²) >= 11 is 2.21. The molecular formula is C12H11IN2O3. The fourth-order valence-electron chi connectivity index (χ4n) is 1.42. The Morgan fingerprint density at radius 1 is 1.44 bits per heavy atom. The van der Waals surface area contributed by atoms with Crippen molar-refractivity contribution in [3.05, 3.63) is 33.2 Å². The van der Waals surface area contributed by atoms with Crippen molar-refractivity contribution in [3.63, 3.8) is 0 Å². The van der Waals surface area contributed by atoms with Gasteiger partial charge in [-0.2, -0.15) is 0 Å². The molecule has 0 aliphatic carbocycles. The van der Waals surface area contributed by atoms with Gasteiger partial charge in [-0.1, -0.05) is 12.1 Å². The first-order valence-electron chi connectivity index (χ1n) is 5.39. The minimum atomic E-state index is -0.598. The van der Waals surface area contributed by atoms with Crippen LogP contribution in [0.4, 0.5) is 0 Å². The summed E-state index contributed by atoms with van der Waals surface area (Å²) in [4.78, 5) is 11.4. The van der Waals surface area contributed by atoms with Crippen LogP contribution in [0.5, 0.6) is 0 Å². The molecule has 0 amide bonds. The van der Waals surface area contributed by atoms with E-state index in [1.54, 1.807) is 6.92 Å². The molecule has 0 saturated carbocycles. The van der Waals surface area contributed by atoms with Crippen LogP contribution in [0.2, 0.25) is 0 Å². The third-order valence-corrected chi connectivity index (χ3v) is 3.73. The molecule has 0 bridgehead atoms. The monoisotopic (exact) mass is 358 g/mol. The molecule has 94 valence electrons. The molecule has 2 aromatic rings. The third-order valence-electron chi connectivity index (χ3n) is 2.30. The van der Waals surface area contributed by atoms with E-state index >= 15 is 0 Å². The molecule has 1 aromatic heterocycles. The van der Waals surface area contributed by atoms with Crippen molar-refractivity contribution in [2.45, 2.75) is 13.8 Å². The topological polar surface area (TPSA) is 65.2 Å². The number of carbonyl (C=O) groups is 1. The van der Waals surface area contributed by atoms with E-state index in [0.717, 1.165) is 14.7 Å².